The minimum atomic E-state index is -0.335. The number of carbonyl (C=O) groups is 1. The Morgan fingerprint density at radius 1 is 1.25 bits per heavy atom. The van der Waals surface area contributed by atoms with E-state index in [1.165, 1.54) is 17.4 Å². The van der Waals surface area contributed by atoms with E-state index < -0.39 is 0 Å². The minimum absolute atomic E-state index is 0.164. The molecule has 7 heteroatoms. The van der Waals surface area contributed by atoms with Crippen molar-refractivity contribution in [2.75, 3.05) is 19.8 Å². The van der Waals surface area contributed by atoms with Crippen LogP contribution >= 0.6 is 22.9 Å². The van der Waals surface area contributed by atoms with Crippen LogP contribution in [-0.2, 0) is 10.2 Å². The van der Waals surface area contributed by atoms with E-state index in [9.17, 15) is 9.18 Å². The molecule has 0 atom stereocenters. The highest BCUT2D eigenvalue weighted by Gasteiger charge is 2.35. The molecule has 1 aliphatic rings. The van der Waals surface area contributed by atoms with Crippen LogP contribution in [0.25, 0.3) is 10.4 Å². The molecule has 1 saturated heterocycles. The molecule has 146 valence electrons. The van der Waals surface area contributed by atoms with E-state index in [1.54, 1.807) is 24.5 Å². The van der Waals surface area contributed by atoms with Crippen LogP contribution in [0.15, 0.2) is 48.8 Å². The second-order valence-electron chi connectivity index (χ2n) is 6.97. The van der Waals surface area contributed by atoms with Gasteiger partial charge in [0.15, 0.2) is 0 Å². The van der Waals surface area contributed by atoms with Crippen molar-refractivity contribution in [2.24, 2.45) is 0 Å². The molecule has 28 heavy (non-hydrogen) atoms. The van der Waals surface area contributed by atoms with Crippen LogP contribution in [0, 0.1) is 5.82 Å². The second-order valence-corrected chi connectivity index (χ2v) is 8.69. The van der Waals surface area contributed by atoms with Gasteiger partial charge in [-0.05, 0) is 42.7 Å². The number of halogens is 2. The van der Waals surface area contributed by atoms with Gasteiger partial charge in [0, 0.05) is 48.0 Å². The smallest absolute Gasteiger partial charge is 0.253 e. The van der Waals surface area contributed by atoms with Crippen molar-refractivity contribution in [3.05, 3.63) is 70.1 Å². The first-order valence-electron chi connectivity index (χ1n) is 9.12. The number of benzene rings is 1. The lowest BCUT2D eigenvalue weighted by atomic mass is 9.74. The Morgan fingerprint density at radius 3 is 2.79 bits per heavy atom. The van der Waals surface area contributed by atoms with Gasteiger partial charge in [0.05, 0.1) is 9.90 Å². The lowest BCUT2D eigenvalue weighted by Gasteiger charge is -2.38. The van der Waals surface area contributed by atoms with E-state index in [1.807, 2.05) is 18.2 Å². The Bertz CT molecular complexity index is 978. The fourth-order valence-electron chi connectivity index (χ4n) is 3.71. The number of rotatable bonds is 5. The van der Waals surface area contributed by atoms with E-state index >= 15 is 0 Å². The molecule has 1 fully saturated rings. The number of aromatic nitrogens is 1. The zero-order valence-electron chi connectivity index (χ0n) is 15.1. The molecule has 0 aliphatic carbocycles. The molecule has 1 aliphatic heterocycles. The van der Waals surface area contributed by atoms with E-state index in [4.69, 9.17) is 16.3 Å². The molecule has 0 radical (unpaired) electrons. The van der Waals surface area contributed by atoms with Crippen molar-refractivity contribution in [3.8, 4) is 10.4 Å². The maximum Gasteiger partial charge on any atom is 0.253 e. The fourth-order valence-corrected chi connectivity index (χ4v) is 4.78. The molecule has 0 unspecified atom stereocenters. The molecular formula is C21H20ClFN2O2S. The Labute approximate surface area is 171 Å². The van der Waals surface area contributed by atoms with Gasteiger partial charge in [-0.25, -0.2) is 4.39 Å². The van der Waals surface area contributed by atoms with Crippen LogP contribution in [-0.4, -0.2) is 30.6 Å². The first kappa shape index (κ1) is 19.2. The van der Waals surface area contributed by atoms with Gasteiger partial charge in [-0.1, -0.05) is 23.7 Å². The number of hydrogen-bond acceptors (Lipinski definition) is 3. The number of ether oxygens (including phenoxy) is 1. The third kappa shape index (κ3) is 3.85. The average Bonchev–Trinajstić information content (AvgIpc) is 3.36. The highest BCUT2D eigenvalue weighted by atomic mass is 35.5. The molecule has 0 saturated carbocycles. The van der Waals surface area contributed by atoms with Crippen molar-refractivity contribution in [2.45, 2.75) is 18.3 Å². The van der Waals surface area contributed by atoms with Crippen LogP contribution in [0.4, 0.5) is 4.39 Å². The Hall–Kier alpha value is -2.15. The van der Waals surface area contributed by atoms with Crippen molar-refractivity contribution in [3.63, 3.8) is 0 Å². The molecule has 1 amide bonds. The predicted molar refractivity (Wildman–Crippen MR) is 110 cm³/mol. The number of H-pyrrole nitrogens is 1. The number of nitrogens with one attached hydrogen (secondary N) is 2. The van der Waals surface area contributed by atoms with Crippen LogP contribution in [0.5, 0.6) is 0 Å². The number of amides is 1. The van der Waals surface area contributed by atoms with Gasteiger partial charge in [0.1, 0.15) is 5.82 Å². The molecule has 4 nitrogen and oxygen atoms in total. The topological polar surface area (TPSA) is 54.1 Å². The monoisotopic (exact) mass is 418 g/mol. The van der Waals surface area contributed by atoms with Crippen LogP contribution in [0.3, 0.4) is 0 Å². The van der Waals surface area contributed by atoms with Gasteiger partial charge in [-0.15, -0.1) is 11.3 Å². The minimum Gasteiger partial charge on any atom is -0.381 e. The lowest BCUT2D eigenvalue weighted by Crippen LogP contribution is -2.44. The summed E-state index contributed by atoms with van der Waals surface area (Å²) in [6, 6.07) is 10.4. The first-order chi connectivity index (χ1) is 13.6. The molecule has 2 N–H and O–H groups in total. The number of hydrogen-bond donors (Lipinski definition) is 2. The maximum absolute atomic E-state index is 13.8. The summed E-state index contributed by atoms with van der Waals surface area (Å²) < 4.78 is 20.0. The molecule has 3 heterocycles. The summed E-state index contributed by atoms with van der Waals surface area (Å²) in [6.07, 6.45) is 4.96. The van der Waals surface area contributed by atoms with Gasteiger partial charge in [0.25, 0.3) is 5.91 Å². The van der Waals surface area contributed by atoms with E-state index in [2.05, 4.69) is 10.3 Å². The summed E-state index contributed by atoms with van der Waals surface area (Å²) >= 11 is 7.46. The first-order valence-corrected chi connectivity index (χ1v) is 10.3. The Kier molecular flexibility index (Phi) is 5.53. The largest absolute Gasteiger partial charge is 0.381 e. The van der Waals surface area contributed by atoms with E-state index in [-0.39, 0.29) is 17.1 Å². The highest BCUT2D eigenvalue weighted by Crippen LogP contribution is 2.36. The van der Waals surface area contributed by atoms with Gasteiger partial charge in [-0.2, -0.15) is 0 Å². The van der Waals surface area contributed by atoms with Crippen LogP contribution in [0.2, 0.25) is 4.34 Å². The van der Waals surface area contributed by atoms with Gasteiger partial charge < -0.3 is 15.0 Å². The third-order valence-corrected chi connectivity index (χ3v) is 6.57. The van der Waals surface area contributed by atoms with Crippen molar-refractivity contribution in [1.82, 2.24) is 10.3 Å². The van der Waals surface area contributed by atoms with Gasteiger partial charge >= 0.3 is 0 Å². The summed E-state index contributed by atoms with van der Waals surface area (Å²) in [7, 11) is 0. The second kappa shape index (κ2) is 8.07. The number of thiophene rings is 1. The van der Waals surface area contributed by atoms with Gasteiger partial charge in [-0.3, -0.25) is 4.79 Å². The van der Waals surface area contributed by atoms with E-state index in [0.717, 1.165) is 28.8 Å². The normalized spacial score (nSPS) is 16.1. The SMILES string of the molecule is O=C(NCC1(c2cccc(F)c2)CCOCC1)c1c[nH]cc1-c1ccc(Cl)s1. The summed E-state index contributed by atoms with van der Waals surface area (Å²) in [5, 5.41) is 3.07. The van der Waals surface area contributed by atoms with Crippen molar-refractivity contribution < 1.29 is 13.9 Å². The average molecular weight is 419 g/mol. The standard InChI is InChI=1S/C21H20ClFN2O2S/c22-19-5-4-18(28-19)16-11-24-12-17(16)20(26)25-13-21(6-8-27-9-7-21)14-2-1-3-15(23)10-14/h1-5,10-12,24H,6-9,13H2,(H,25,26). The summed E-state index contributed by atoms with van der Waals surface area (Å²) in [5.41, 5.74) is 1.95. The third-order valence-electron chi connectivity index (χ3n) is 5.30. The van der Waals surface area contributed by atoms with Crippen molar-refractivity contribution in [1.29, 1.82) is 0 Å². The number of aromatic amines is 1. The molecule has 3 aromatic rings. The van der Waals surface area contributed by atoms with E-state index in [0.29, 0.717) is 29.7 Å². The predicted octanol–water partition coefficient (Wildman–Crippen LogP) is 5.01. The summed E-state index contributed by atoms with van der Waals surface area (Å²) in [6.45, 7) is 1.61. The number of carbonyl (C=O) groups excluding carboxylic acids is 1. The Balaban J connectivity index is 1.55. The quantitative estimate of drug-likeness (QED) is 0.611. The molecular weight excluding hydrogens is 399 g/mol. The summed E-state index contributed by atoms with van der Waals surface area (Å²) in [4.78, 5) is 16.9. The molecule has 2 aromatic heterocycles. The zero-order valence-corrected chi connectivity index (χ0v) is 16.7. The lowest BCUT2D eigenvalue weighted by molar-refractivity contribution is 0.0486. The van der Waals surface area contributed by atoms with Gasteiger partial charge in [0.2, 0.25) is 0 Å². The Morgan fingerprint density at radius 2 is 2.07 bits per heavy atom. The molecule has 4 rings (SSSR count). The zero-order chi connectivity index (χ0) is 19.6. The molecule has 1 aromatic carbocycles. The fraction of sp³-hybridized carbons (Fsp3) is 0.286. The molecule has 0 bridgehead atoms. The van der Waals surface area contributed by atoms with Crippen molar-refractivity contribution >= 4 is 28.8 Å². The molecule has 0 spiro atoms. The highest BCUT2D eigenvalue weighted by molar-refractivity contribution is 7.19. The summed E-state index contributed by atoms with van der Waals surface area (Å²) in [5.74, 6) is -0.430. The van der Waals surface area contributed by atoms with Crippen LogP contribution in [0.1, 0.15) is 28.8 Å². The maximum atomic E-state index is 13.8. The van der Waals surface area contributed by atoms with Crippen LogP contribution < -0.4 is 5.32 Å².